The number of hydrogen-bond acceptors (Lipinski definition) is 1. The zero-order valence-corrected chi connectivity index (χ0v) is 37.9. The summed E-state index contributed by atoms with van der Waals surface area (Å²) in [6.07, 6.45) is 14.6. The Morgan fingerprint density at radius 3 is 0.732 bits per heavy atom. The van der Waals surface area contributed by atoms with E-state index in [1.165, 1.54) is 99.9 Å². The fraction of sp³-hybridized carbons (Fsp3) is 1.00. The predicted molar refractivity (Wildman–Crippen MR) is 217 cm³/mol. The Labute approximate surface area is 269 Å². The van der Waals surface area contributed by atoms with Gasteiger partial charge in [0.15, 0.2) is 16.6 Å². The lowest BCUT2D eigenvalue weighted by atomic mass is 9.42. The minimum atomic E-state index is -1.64. The average Bonchev–Trinajstić information content (AvgIpc) is 2.71. The Morgan fingerprint density at radius 1 is 0.317 bits per heavy atom. The smallest absolute Gasteiger partial charge is 0.172 e. The number of hydrogen-bond donors (Lipinski definition) is 0. The molecule has 1 nitrogen and oxygen atoms in total. The molecule has 0 heterocycles. The standard InChI is InChI=1S/C32H80B2OSi6/c1-36(2,3)27-17-21-33(22-18-28-37(4,5)6)25-31-40(13,14)35-41(15,16)32-26-34(23-19-29-38(7,8)9)24-20-30-39(10,11)12/h17-32H2,1-16H3. The van der Waals surface area contributed by atoms with Crippen molar-refractivity contribution in [2.75, 3.05) is 0 Å². The molecular formula is C32H80B2OSi6. The van der Waals surface area contributed by atoms with E-state index in [1.807, 2.05) is 0 Å². The molecule has 41 heavy (non-hydrogen) atoms. The molecule has 0 radical (unpaired) electrons. The van der Waals surface area contributed by atoms with Gasteiger partial charge in [0, 0.05) is 32.3 Å². The van der Waals surface area contributed by atoms with Gasteiger partial charge in [-0.1, -0.05) is 166 Å². The van der Waals surface area contributed by atoms with Gasteiger partial charge in [-0.15, -0.1) is 0 Å². The van der Waals surface area contributed by atoms with Gasteiger partial charge in [-0.05, 0) is 38.3 Å². The van der Waals surface area contributed by atoms with Crippen LogP contribution < -0.4 is 0 Å². The van der Waals surface area contributed by atoms with Crippen molar-refractivity contribution < 1.29 is 4.12 Å². The van der Waals surface area contributed by atoms with Crippen molar-refractivity contribution in [1.82, 2.24) is 0 Å². The maximum absolute atomic E-state index is 7.27. The van der Waals surface area contributed by atoms with E-state index in [0.717, 1.165) is 13.4 Å². The molecule has 0 N–H and O–H groups in total. The third kappa shape index (κ3) is 28.6. The van der Waals surface area contributed by atoms with E-state index in [4.69, 9.17) is 4.12 Å². The molecule has 0 amide bonds. The van der Waals surface area contributed by atoms with Crippen LogP contribution in [0.2, 0.25) is 179 Å². The quantitative estimate of drug-likeness (QED) is 0.0929. The molecule has 0 fully saturated rings. The molecule has 0 aliphatic rings. The molecule has 0 saturated heterocycles. The highest BCUT2D eigenvalue weighted by Gasteiger charge is 2.34. The van der Waals surface area contributed by atoms with Crippen LogP contribution in [0.1, 0.15) is 25.7 Å². The first kappa shape index (κ1) is 42.4. The van der Waals surface area contributed by atoms with Crippen molar-refractivity contribution in [3.8, 4) is 0 Å². The maximum atomic E-state index is 7.27. The summed E-state index contributed by atoms with van der Waals surface area (Å²) in [7, 11) is -7.00. The van der Waals surface area contributed by atoms with E-state index in [9.17, 15) is 0 Å². The summed E-state index contributed by atoms with van der Waals surface area (Å²) in [5.74, 6) is 0. The highest BCUT2D eigenvalue weighted by atomic mass is 28.4. The molecule has 244 valence electrons. The Morgan fingerprint density at radius 2 is 0.537 bits per heavy atom. The van der Waals surface area contributed by atoms with E-state index < -0.39 is 48.9 Å². The Balaban J connectivity index is 5.07. The summed E-state index contributed by atoms with van der Waals surface area (Å²) in [5, 5.41) is 0. The zero-order valence-electron chi connectivity index (χ0n) is 31.9. The molecule has 9 heteroatoms. The maximum Gasteiger partial charge on any atom is 0.172 e. The second-order valence-electron chi connectivity index (χ2n) is 20.2. The van der Waals surface area contributed by atoms with Gasteiger partial charge < -0.3 is 4.12 Å². The van der Waals surface area contributed by atoms with Crippen LogP contribution in [0.15, 0.2) is 0 Å². The van der Waals surface area contributed by atoms with Crippen LogP contribution in [0.5, 0.6) is 0 Å². The van der Waals surface area contributed by atoms with Gasteiger partial charge >= 0.3 is 0 Å². The Hall–Kier alpha value is 1.39. The lowest BCUT2D eigenvalue weighted by Gasteiger charge is -2.35. The first-order valence-electron chi connectivity index (χ1n) is 18.0. The van der Waals surface area contributed by atoms with Crippen LogP contribution in [0, 0.1) is 0 Å². The summed E-state index contributed by atoms with van der Waals surface area (Å²) in [4.78, 5) is 0. The van der Waals surface area contributed by atoms with Crippen LogP contribution in [0.4, 0.5) is 0 Å². The largest absolute Gasteiger partial charge is 0.456 e. The molecular weight excluding hydrogens is 590 g/mol. The van der Waals surface area contributed by atoms with E-state index >= 15 is 0 Å². The zero-order chi connectivity index (χ0) is 32.2. The van der Waals surface area contributed by atoms with Crippen LogP contribution in [0.3, 0.4) is 0 Å². The molecule has 0 unspecified atom stereocenters. The van der Waals surface area contributed by atoms with Crippen LogP contribution >= 0.6 is 0 Å². The lowest BCUT2D eigenvalue weighted by molar-refractivity contribution is 0.541. The molecule has 0 aromatic heterocycles. The van der Waals surface area contributed by atoms with Gasteiger partial charge in [0.1, 0.15) is 13.4 Å². The molecule has 0 aliphatic carbocycles. The summed E-state index contributed by atoms with van der Waals surface area (Å²) in [5.41, 5.74) is 0. The van der Waals surface area contributed by atoms with Crippen LogP contribution in [0.25, 0.3) is 0 Å². The van der Waals surface area contributed by atoms with Crippen molar-refractivity contribution >= 4 is 62.4 Å². The summed E-state index contributed by atoms with van der Waals surface area (Å²) >= 11 is 0. The molecule has 0 spiro atoms. The van der Waals surface area contributed by atoms with E-state index in [2.05, 4.69) is 105 Å². The molecule has 0 aliphatic heterocycles. The Bertz CT molecular complexity index is 592. The average molecular weight is 671 g/mol. The van der Waals surface area contributed by atoms with E-state index in [0.29, 0.717) is 0 Å². The second kappa shape index (κ2) is 18.5. The lowest BCUT2D eigenvalue weighted by Crippen LogP contribution is -2.45. The van der Waals surface area contributed by atoms with Crippen LogP contribution in [-0.2, 0) is 4.12 Å². The fourth-order valence-corrected chi connectivity index (χ4v) is 20.6. The minimum absolute atomic E-state index is 0.931. The topological polar surface area (TPSA) is 9.23 Å². The van der Waals surface area contributed by atoms with Crippen LogP contribution in [-0.4, -0.2) is 62.4 Å². The molecule has 0 atom stereocenters. The van der Waals surface area contributed by atoms with Crippen molar-refractivity contribution in [3.05, 3.63) is 0 Å². The third-order valence-electron chi connectivity index (χ3n) is 9.02. The van der Waals surface area contributed by atoms with Crippen molar-refractivity contribution in [3.63, 3.8) is 0 Å². The van der Waals surface area contributed by atoms with Crippen molar-refractivity contribution in [2.24, 2.45) is 0 Å². The predicted octanol–water partition coefficient (Wildman–Crippen LogP) is 13.3. The van der Waals surface area contributed by atoms with Gasteiger partial charge in [-0.25, -0.2) is 0 Å². The molecule has 0 saturated carbocycles. The van der Waals surface area contributed by atoms with Gasteiger partial charge in [0.25, 0.3) is 0 Å². The van der Waals surface area contributed by atoms with E-state index in [-0.39, 0.29) is 0 Å². The fourth-order valence-electron chi connectivity index (χ4n) is 6.50. The number of rotatable bonds is 24. The highest BCUT2D eigenvalue weighted by molar-refractivity contribution is 6.86. The van der Waals surface area contributed by atoms with Gasteiger partial charge in [0.05, 0.1) is 0 Å². The highest BCUT2D eigenvalue weighted by Crippen LogP contribution is 2.30. The first-order valence-corrected chi connectivity index (χ1v) is 39.0. The third-order valence-corrected chi connectivity index (χ3v) is 23.8. The summed E-state index contributed by atoms with van der Waals surface area (Å²) in [6.45, 7) is 42.7. The van der Waals surface area contributed by atoms with Gasteiger partial charge in [-0.3, -0.25) is 0 Å². The minimum Gasteiger partial charge on any atom is -0.456 e. The van der Waals surface area contributed by atoms with Gasteiger partial charge in [-0.2, -0.15) is 0 Å². The van der Waals surface area contributed by atoms with Crippen molar-refractivity contribution in [1.29, 1.82) is 0 Å². The second-order valence-corrected chi connectivity index (χ2v) is 51.6. The van der Waals surface area contributed by atoms with Gasteiger partial charge in [0.2, 0.25) is 0 Å². The molecule has 0 bridgehead atoms. The first-order chi connectivity index (χ1) is 18.3. The summed E-state index contributed by atoms with van der Waals surface area (Å²) in [6, 6.07) is 8.78. The van der Waals surface area contributed by atoms with Crippen molar-refractivity contribution in [2.45, 2.75) is 205 Å². The molecule has 0 aromatic carbocycles. The Kier molecular flexibility index (Phi) is 19.1. The monoisotopic (exact) mass is 671 g/mol. The summed E-state index contributed by atoms with van der Waals surface area (Å²) < 4.78 is 7.27. The van der Waals surface area contributed by atoms with E-state index in [1.54, 1.807) is 0 Å². The SMILES string of the molecule is C[Si](C)(C)CCCB(CCC[Si](C)(C)C)CC[Si](C)(C)O[Si](C)(C)CCB(CCC[Si](C)(C)C)CCC[Si](C)(C)C. The molecule has 0 aromatic rings. The normalized spacial score (nSPS) is 14.0. The molecule has 0 rings (SSSR count).